The molecule has 0 aliphatic heterocycles. The fourth-order valence-corrected chi connectivity index (χ4v) is 4.85. The van der Waals surface area contributed by atoms with Gasteiger partial charge in [-0.2, -0.15) is 0 Å². The number of carbonyl (C=O) groups excluding carboxylic acids is 3. The Morgan fingerprint density at radius 1 is 0.339 bits per heavy atom. The van der Waals surface area contributed by atoms with Crippen molar-refractivity contribution >= 4 is 17.9 Å². The largest absolute Gasteiger partial charge is 0.462 e. The highest BCUT2D eigenvalue weighted by Crippen LogP contribution is 2.09. The van der Waals surface area contributed by atoms with E-state index in [4.69, 9.17) is 14.2 Å². The first kappa shape index (κ1) is 53.8. The van der Waals surface area contributed by atoms with Gasteiger partial charge in [0.2, 0.25) is 0 Å². The molecule has 6 nitrogen and oxygen atoms in total. The maximum absolute atomic E-state index is 12.7. The zero-order valence-electron chi connectivity index (χ0n) is 36.4. The highest BCUT2D eigenvalue weighted by Gasteiger charge is 2.19. The molecule has 0 aromatic carbocycles. The van der Waals surface area contributed by atoms with Crippen molar-refractivity contribution in [3.05, 3.63) is 170 Å². The smallest absolute Gasteiger partial charge is 0.306 e. The summed E-state index contributed by atoms with van der Waals surface area (Å²) in [4.78, 5) is 37.7. The lowest BCUT2D eigenvalue weighted by Gasteiger charge is -2.18. The van der Waals surface area contributed by atoms with Crippen molar-refractivity contribution in [2.24, 2.45) is 0 Å². The molecule has 0 heterocycles. The van der Waals surface area contributed by atoms with Crippen molar-refractivity contribution in [1.82, 2.24) is 0 Å². The molecule has 0 aromatic rings. The van der Waals surface area contributed by atoms with E-state index in [2.05, 4.69) is 51.2 Å². The van der Waals surface area contributed by atoms with Gasteiger partial charge in [0.05, 0.1) is 0 Å². The lowest BCUT2D eigenvalue weighted by Crippen LogP contribution is -2.30. The molecule has 0 aliphatic rings. The summed E-state index contributed by atoms with van der Waals surface area (Å²) in [5.74, 6) is -1.13. The average Bonchev–Trinajstić information content (AvgIpc) is 3.23. The molecular formula is C53H74O6. The van der Waals surface area contributed by atoms with Gasteiger partial charge in [-0.25, -0.2) is 0 Å². The Morgan fingerprint density at radius 2 is 0.627 bits per heavy atom. The van der Waals surface area contributed by atoms with Crippen LogP contribution in [0.5, 0.6) is 0 Å². The molecule has 0 aliphatic carbocycles. The van der Waals surface area contributed by atoms with Crippen LogP contribution < -0.4 is 0 Å². The van der Waals surface area contributed by atoms with Gasteiger partial charge in [0.25, 0.3) is 0 Å². The topological polar surface area (TPSA) is 78.9 Å². The van der Waals surface area contributed by atoms with Gasteiger partial charge in [-0.15, -0.1) is 0 Å². The SMILES string of the molecule is CC\C=C/C=C\C=C/C=C\C=C/CCCCCC(=O)OCC(COC(=O)CCCCC\C=C/C=C\C=C/C=C\CC)OC(=O)CCC\C=C/C=C\C=C/C=C\C=C/CC. The summed E-state index contributed by atoms with van der Waals surface area (Å²) in [7, 11) is 0. The Kier molecular flexibility index (Phi) is 41.4. The molecule has 0 saturated heterocycles. The van der Waals surface area contributed by atoms with Gasteiger partial charge in [0, 0.05) is 19.3 Å². The van der Waals surface area contributed by atoms with Crippen LogP contribution in [0.1, 0.15) is 124 Å². The number of allylic oxidation sites excluding steroid dienone is 28. The molecule has 0 saturated carbocycles. The second kappa shape index (κ2) is 45.5. The van der Waals surface area contributed by atoms with E-state index in [9.17, 15) is 14.4 Å². The van der Waals surface area contributed by atoms with Gasteiger partial charge in [-0.1, -0.05) is 204 Å². The van der Waals surface area contributed by atoms with Gasteiger partial charge >= 0.3 is 17.9 Å². The molecule has 0 amide bonds. The summed E-state index contributed by atoms with van der Waals surface area (Å²) >= 11 is 0. The van der Waals surface area contributed by atoms with Crippen LogP contribution in [0.3, 0.4) is 0 Å². The van der Waals surface area contributed by atoms with Crippen LogP contribution in [-0.2, 0) is 28.6 Å². The van der Waals surface area contributed by atoms with Crippen molar-refractivity contribution in [3.63, 3.8) is 0 Å². The van der Waals surface area contributed by atoms with E-state index in [1.165, 1.54) is 0 Å². The molecule has 59 heavy (non-hydrogen) atoms. The molecule has 6 heteroatoms. The Balaban J connectivity index is 4.71. The minimum atomic E-state index is -0.857. The van der Waals surface area contributed by atoms with E-state index in [-0.39, 0.29) is 44.4 Å². The van der Waals surface area contributed by atoms with Gasteiger partial charge in [0.1, 0.15) is 13.2 Å². The third kappa shape index (κ3) is 43.7. The van der Waals surface area contributed by atoms with Crippen LogP contribution >= 0.6 is 0 Å². The lowest BCUT2D eigenvalue weighted by atomic mass is 10.1. The minimum absolute atomic E-state index is 0.151. The maximum atomic E-state index is 12.7. The summed E-state index contributed by atoms with van der Waals surface area (Å²) in [5.41, 5.74) is 0. The number of ether oxygens (including phenoxy) is 3. The highest BCUT2D eigenvalue weighted by molar-refractivity contribution is 5.71. The molecule has 0 fully saturated rings. The maximum Gasteiger partial charge on any atom is 0.306 e. The minimum Gasteiger partial charge on any atom is -0.462 e. The Morgan fingerprint density at radius 3 is 0.966 bits per heavy atom. The molecule has 0 aromatic heterocycles. The van der Waals surface area contributed by atoms with Crippen molar-refractivity contribution in [1.29, 1.82) is 0 Å². The van der Waals surface area contributed by atoms with E-state index >= 15 is 0 Å². The molecule has 322 valence electrons. The summed E-state index contributed by atoms with van der Waals surface area (Å²) in [6.45, 7) is 6.01. The first-order chi connectivity index (χ1) is 29.0. The molecular weight excluding hydrogens is 733 g/mol. The normalized spacial score (nSPS) is 13.7. The molecule has 1 atom stereocenters. The van der Waals surface area contributed by atoms with Gasteiger partial charge in [-0.3, -0.25) is 14.4 Å². The predicted molar refractivity (Wildman–Crippen MR) is 251 cm³/mol. The van der Waals surface area contributed by atoms with Crippen LogP contribution in [0.4, 0.5) is 0 Å². The standard InChI is InChI=1S/C53H74O6/c1-4-7-10-13-16-19-22-25-26-29-31-34-37-40-43-46-52(55)58-49-50(59-53(56)47-44-41-38-35-32-28-24-21-18-15-12-9-6-3)48-57-51(54)45-42-39-36-33-30-27-23-20-17-14-11-8-5-2/h7-32,35,38,50H,4-6,33-34,36-37,39-49H2,1-3H3/b10-7-,11-8-,12-9-,16-13-,17-14-,18-15-,22-19-,23-20-,24-21-,26-25-,30-27-,31-29-,32-28-,38-35-. The third-order valence-electron chi connectivity index (χ3n) is 8.05. The quantitative estimate of drug-likeness (QED) is 0.0275. The molecule has 1 unspecified atom stereocenters. The Labute approximate surface area is 358 Å². The zero-order valence-corrected chi connectivity index (χ0v) is 36.4. The second-order valence-electron chi connectivity index (χ2n) is 13.4. The van der Waals surface area contributed by atoms with Gasteiger partial charge in [0.15, 0.2) is 6.10 Å². The predicted octanol–water partition coefficient (Wildman–Crippen LogP) is 14.1. The zero-order chi connectivity index (χ0) is 43.0. The summed E-state index contributed by atoms with van der Waals surface area (Å²) in [6, 6.07) is 0. The number of esters is 3. The number of carbonyl (C=O) groups is 3. The first-order valence-electron chi connectivity index (χ1n) is 21.8. The van der Waals surface area contributed by atoms with Gasteiger partial charge < -0.3 is 14.2 Å². The summed E-state index contributed by atoms with van der Waals surface area (Å²) < 4.78 is 16.5. The van der Waals surface area contributed by atoms with E-state index in [0.29, 0.717) is 25.7 Å². The molecule has 0 radical (unpaired) electrons. The second-order valence-corrected chi connectivity index (χ2v) is 13.4. The number of unbranched alkanes of at least 4 members (excludes halogenated alkanes) is 7. The molecule has 0 spiro atoms. The van der Waals surface area contributed by atoms with Crippen LogP contribution in [0.2, 0.25) is 0 Å². The van der Waals surface area contributed by atoms with Crippen LogP contribution in [-0.4, -0.2) is 37.2 Å². The van der Waals surface area contributed by atoms with E-state index in [1.807, 2.05) is 140 Å². The van der Waals surface area contributed by atoms with Gasteiger partial charge in [-0.05, 0) is 70.6 Å². The van der Waals surface area contributed by atoms with Crippen molar-refractivity contribution in [2.45, 2.75) is 130 Å². The van der Waals surface area contributed by atoms with Crippen LogP contribution in [0.25, 0.3) is 0 Å². The van der Waals surface area contributed by atoms with Crippen molar-refractivity contribution in [3.8, 4) is 0 Å². The number of hydrogen-bond acceptors (Lipinski definition) is 6. The van der Waals surface area contributed by atoms with E-state index < -0.39 is 12.1 Å². The fourth-order valence-electron chi connectivity index (χ4n) is 4.85. The van der Waals surface area contributed by atoms with E-state index in [1.54, 1.807) is 0 Å². The third-order valence-corrected chi connectivity index (χ3v) is 8.05. The molecule has 0 bridgehead atoms. The lowest BCUT2D eigenvalue weighted by molar-refractivity contribution is -0.167. The van der Waals surface area contributed by atoms with E-state index in [0.717, 1.165) is 57.8 Å². The average molecular weight is 807 g/mol. The Hall–Kier alpha value is -5.23. The van der Waals surface area contributed by atoms with Crippen molar-refractivity contribution in [2.75, 3.05) is 13.2 Å². The Bertz CT molecular complexity index is 1480. The number of rotatable bonds is 35. The highest BCUT2D eigenvalue weighted by atomic mass is 16.6. The van der Waals surface area contributed by atoms with Crippen LogP contribution in [0, 0.1) is 0 Å². The first-order valence-corrected chi connectivity index (χ1v) is 21.8. The molecule has 0 rings (SSSR count). The number of hydrogen-bond donors (Lipinski definition) is 0. The van der Waals surface area contributed by atoms with Crippen molar-refractivity contribution < 1.29 is 28.6 Å². The molecule has 0 N–H and O–H groups in total. The summed E-state index contributed by atoms with van der Waals surface area (Å²) in [6.07, 6.45) is 67.7. The summed E-state index contributed by atoms with van der Waals surface area (Å²) in [5, 5.41) is 0. The van der Waals surface area contributed by atoms with Crippen LogP contribution in [0.15, 0.2) is 170 Å². The fraction of sp³-hybridized carbons (Fsp3) is 0.415. The monoisotopic (exact) mass is 807 g/mol.